The van der Waals surface area contributed by atoms with Gasteiger partial charge in [-0.1, -0.05) is 24.3 Å². The van der Waals surface area contributed by atoms with Gasteiger partial charge in [0.15, 0.2) is 0 Å². The third-order valence-corrected chi connectivity index (χ3v) is 2.80. The molecule has 3 nitrogen and oxygen atoms in total. The lowest BCUT2D eigenvalue weighted by molar-refractivity contribution is -0.138. The van der Waals surface area contributed by atoms with Crippen molar-refractivity contribution in [2.45, 2.75) is 12.8 Å². The molecule has 17 heavy (non-hydrogen) atoms. The first kappa shape index (κ1) is 10.1. The van der Waals surface area contributed by atoms with Crippen LogP contribution in [0.25, 0.3) is 10.8 Å². The number of hydrogen-bond acceptors (Lipinski definition) is 2. The molecule has 0 bridgehead atoms. The maximum atomic E-state index is 11.1. The van der Waals surface area contributed by atoms with E-state index in [1.807, 2.05) is 24.3 Å². The summed E-state index contributed by atoms with van der Waals surface area (Å²) in [6.07, 6.45) is 0. The molecule has 1 N–H and O–H groups in total. The van der Waals surface area contributed by atoms with Crippen LogP contribution in [0.15, 0.2) is 36.4 Å². The third-order valence-electron chi connectivity index (χ3n) is 2.80. The van der Waals surface area contributed by atoms with Crippen LogP contribution in [0.1, 0.15) is 19.8 Å². The lowest BCUT2D eigenvalue weighted by Gasteiger charge is -2.08. The molecule has 0 heterocycles. The van der Waals surface area contributed by atoms with Crippen LogP contribution in [-0.4, -0.2) is 18.2 Å². The van der Waals surface area contributed by atoms with Crippen molar-refractivity contribution in [3.63, 3.8) is 0 Å². The molecule has 0 saturated carbocycles. The normalized spacial score (nSPS) is 15.1. The Morgan fingerprint density at radius 2 is 1.94 bits per heavy atom. The van der Waals surface area contributed by atoms with E-state index in [0.29, 0.717) is 5.56 Å². The maximum absolute atomic E-state index is 11.1. The molecular formula is C14H14O3. The minimum atomic E-state index is -1.63. The first-order chi connectivity index (χ1) is 8.45. The number of methoxy groups -OCH3 is 1. The summed E-state index contributed by atoms with van der Waals surface area (Å²) in [4.78, 5) is 11.1. The van der Waals surface area contributed by atoms with Gasteiger partial charge in [-0.3, -0.25) is 4.79 Å². The zero-order valence-corrected chi connectivity index (χ0v) is 9.73. The monoisotopic (exact) mass is 231 g/mol. The summed E-state index contributed by atoms with van der Waals surface area (Å²) >= 11 is 0. The molecule has 2 rings (SSSR count). The topological polar surface area (TPSA) is 46.5 Å². The molecular weight excluding hydrogens is 216 g/mol. The quantitative estimate of drug-likeness (QED) is 0.883. The van der Waals surface area contributed by atoms with E-state index >= 15 is 0 Å². The second-order valence-electron chi connectivity index (χ2n) is 3.86. The van der Waals surface area contributed by atoms with Gasteiger partial charge in [-0.05, 0) is 35.4 Å². The van der Waals surface area contributed by atoms with Gasteiger partial charge < -0.3 is 9.84 Å². The van der Waals surface area contributed by atoms with Gasteiger partial charge in [-0.2, -0.15) is 0 Å². The van der Waals surface area contributed by atoms with Crippen molar-refractivity contribution in [2.75, 3.05) is 7.11 Å². The van der Waals surface area contributed by atoms with Crippen molar-refractivity contribution in [2.24, 2.45) is 0 Å². The summed E-state index contributed by atoms with van der Waals surface area (Å²) in [6, 6.07) is 10.8. The van der Waals surface area contributed by atoms with Crippen LogP contribution in [0.3, 0.4) is 0 Å². The van der Waals surface area contributed by atoms with Crippen molar-refractivity contribution >= 4 is 16.7 Å². The Morgan fingerprint density at radius 3 is 2.59 bits per heavy atom. The molecule has 3 heteroatoms. The number of carboxylic acids is 1. The van der Waals surface area contributed by atoms with E-state index in [4.69, 9.17) is 11.2 Å². The lowest BCUT2D eigenvalue weighted by atomic mass is 9.98. The summed E-state index contributed by atoms with van der Waals surface area (Å²) in [7, 11) is 1.60. The van der Waals surface area contributed by atoms with E-state index in [-0.39, 0.29) is 0 Å². The molecule has 0 aromatic heterocycles. The van der Waals surface area contributed by atoms with E-state index in [2.05, 4.69) is 0 Å². The van der Waals surface area contributed by atoms with Gasteiger partial charge in [0.05, 0.1) is 13.0 Å². The molecule has 0 aliphatic heterocycles. The minimum absolute atomic E-state index is 0.465. The van der Waals surface area contributed by atoms with Gasteiger partial charge in [-0.15, -0.1) is 0 Å². The molecule has 0 spiro atoms. The number of aliphatic carboxylic acids is 1. The number of carboxylic acid groups (broad SMARTS) is 1. The van der Waals surface area contributed by atoms with E-state index in [1.165, 1.54) is 6.92 Å². The van der Waals surface area contributed by atoms with E-state index in [9.17, 15) is 4.79 Å². The van der Waals surface area contributed by atoms with Crippen LogP contribution in [0, 0.1) is 0 Å². The van der Waals surface area contributed by atoms with Crippen LogP contribution in [-0.2, 0) is 4.79 Å². The summed E-state index contributed by atoms with van der Waals surface area (Å²) in [5.74, 6) is -2.04. The fourth-order valence-electron chi connectivity index (χ4n) is 1.71. The zero-order valence-electron chi connectivity index (χ0n) is 10.7. The number of rotatable bonds is 3. The Labute approximate surface area is 101 Å². The van der Waals surface area contributed by atoms with Gasteiger partial charge in [0.2, 0.25) is 0 Å². The second-order valence-corrected chi connectivity index (χ2v) is 3.86. The molecule has 0 saturated heterocycles. The van der Waals surface area contributed by atoms with E-state index < -0.39 is 11.9 Å². The predicted octanol–water partition coefficient (Wildman–Crippen LogP) is 3.04. The number of hydrogen-bond donors (Lipinski definition) is 1. The van der Waals surface area contributed by atoms with Gasteiger partial charge in [0.1, 0.15) is 5.75 Å². The third kappa shape index (κ3) is 2.23. The number of carbonyl (C=O) groups is 1. The van der Waals surface area contributed by atoms with Crippen molar-refractivity contribution < 1.29 is 16.0 Å². The number of benzene rings is 2. The summed E-state index contributed by atoms with van der Waals surface area (Å²) in [5.41, 5.74) is 0.465. The highest BCUT2D eigenvalue weighted by Gasteiger charge is 2.13. The number of fused-ring (bicyclic) bond motifs is 1. The molecule has 88 valence electrons. The molecule has 0 fully saturated rings. The summed E-state index contributed by atoms with van der Waals surface area (Å²) in [5, 5.41) is 10.9. The largest absolute Gasteiger partial charge is 0.497 e. The molecule has 0 aliphatic carbocycles. The average Bonchev–Trinajstić information content (AvgIpc) is 2.37. The molecule has 0 aliphatic rings. The van der Waals surface area contributed by atoms with Crippen molar-refractivity contribution in [3.8, 4) is 5.75 Å². The highest BCUT2D eigenvalue weighted by atomic mass is 16.5. The minimum Gasteiger partial charge on any atom is -0.497 e. The SMILES string of the molecule is [2H][C@@](C)(C(=O)O)c1ccc2cc(OC)ccc2c1. The Morgan fingerprint density at radius 1 is 1.29 bits per heavy atom. The second kappa shape index (κ2) is 4.45. The van der Waals surface area contributed by atoms with Crippen LogP contribution in [0.5, 0.6) is 5.75 Å². The van der Waals surface area contributed by atoms with Gasteiger partial charge in [0.25, 0.3) is 0 Å². The fourth-order valence-corrected chi connectivity index (χ4v) is 1.71. The molecule has 0 amide bonds. The van der Waals surface area contributed by atoms with E-state index in [0.717, 1.165) is 16.5 Å². The first-order valence-corrected chi connectivity index (χ1v) is 5.27. The van der Waals surface area contributed by atoms with Crippen molar-refractivity contribution in [1.82, 2.24) is 0 Å². The van der Waals surface area contributed by atoms with Crippen LogP contribution < -0.4 is 4.74 Å². The molecule has 0 unspecified atom stereocenters. The Balaban J connectivity index is 2.55. The Hall–Kier alpha value is -2.03. The highest BCUT2D eigenvalue weighted by Crippen LogP contribution is 2.25. The highest BCUT2D eigenvalue weighted by molar-refractivity contribution is 5.86. The fraction of sp³-hybridized carbons (Fsp3) is 0.214. The average molecular weight is 231 g/mol. The van der Waals surface area contributed by atoms with Crippen LogP contribution in [0.2, 0.25) is 0 Å². The standard InChI is InChI=1S/C14H14O3/c1-9(14(15)16)10-3-4-12-8-13(17-2)6-5-11(12)7-10/h3-9H,1-2H3,(H,15,16)/t9-/m0/s1/i9D. The van der Waals surface area contributed by atoms with Crippen LogP contribution in [0.4, 0.5) is 0 Å². The summed E-state index contributed by atoms with van der Waals surface area (Å²) < 4.78 is 13.0. The van der Waals surface area contributed by atoms with Crippen molar-refractivity contribution in [1.29, 1.82) is 0 Å². The first-order valence-electron chi connectivity index (χ1n) is 5.77. The molecule has 2 aromatic carbocycles. The molecule has 2 aromatic rings. The van der Waals surface area contributed by atoms with Gasteiger partial charge in [0, 0.05) is 1.37 Å². The van der Waals surface area contributed by atoms with Crippen molar-refractivity contribution in [3.05, 3.63) is 42.0 Å². The smallest absolute Gasteiger partial charge is 0.310 e. The van der Waals surface area contributed by atoms with Gasteiger partial charge in [-0.25, -0.2) is 0 Å². The Bertz CT molecular complexity index is 605. The zero-order chi connectivity index (χ0) is 13.3. The predicted molar refractivity (Wildman–Crippen MR) is 66.6 cm³/mol. The summed E-state index contributed by atoms with van der Waals surface area (Å²) in [6.45, 7) is 1.38. The van der Waals surface area contributed by atoms with Crippen LogP contribution >= 0.6 is 0 Å². The molecule has 1 atom stereocenters. The maximum Gasteiger partial charge on any atom is 0.310 e. The lowest BCUT2D eigenvalue weighted by Crippen LogP contribution is -2.06. The van der Waals surface area contributed by atoms with Gasteiger partial charge >= 0.3 is 5.97 Å². The van der Waals surface area contributed by atoms with E-state index in [1.54, 1.807) is 19.2 Å². The Kier molecular flexibility index (Phi) is 2.66. The molecule has 0 radical (unpaired) electrons. The number of ether oxygens (including phenoxy) is 1.